The van der Waals surface area contributed by atoms with Gasteiger partial charge in [0, 0.05) is 0 Å². The van der Waals surface area contributed by atoms with Crippen molar-refractivity contribution in [2.75, 3.05) is 19.8 Å². The summed E-state index contributed by atoms with van der Waals surface area (Å²) in [6.45, 7) is -2.15. The maximum absolute atomic E-state index is 10.7. The van der Waals surface area contributed by atoms with Gasteiger partial charge in [-0.2, -0.15) is 0 Å². The average molecular weight is 474 g/mol. The van der Waals surface area contributed by atoms with Crippen molar-refractivity contribution in [3.8, 4) is 0 Å². The van der Waals surface area contributed by atoms with Gasteiger partial charge < -0.3 is 74.7 Å². The second-order valence-corrected chi connectivity index (χ2v) is 7.84. The highest BCUT2D eigenvalue weighted by Crippen LogP contribution is 2.32. The van der Waals surface area contributed by atoms with Crippen LogP contribution in [0.2, 0.25) is 0 Å². The zero-order chi connectivity index (χ0) is 23.7. The van der Waals surface area contributed by atoms with E-state index in [0.717, 1.165) is 0 Å². The first-order valence-electron chi connectivity index (χ1n) is 10.0. The SMILES string of the molecule is OC[C@@H]1OC(O[C@H]2[C@@H](O)[C@@H](CO)OC(O[C@@H]3[C@H](O)[C@@H](O)C(O)O[C@@H]3CO)[C@@H]2O)[C@H](O)[C@H]1O. The minimum absolute atomic E-state index is 0.641. The Morgan fingerprint density at radius 3 is 1.50 bits per heavy atom. The van der Waals surface area contributed by atoms with Gasteiger partial charge in [0.05, 0.1) is 19.8 Å². The molecule has 0 aromatic carbocycles. The number of hydrogen-bond donors (Lipinski definition) is 10. The summed E-state index contributed by atoms with van der Waals surface area (Å²) in [7, 11) is 0. The van der Waals surface area contributed by atoms with Gasteiger partial charge in [0.2, 0.25) is 0 Å². The largest absolute Gasteiger partial charge is 0.394 e. The number of rotatable bonds is 7. The van der Waals surface area contributed by atoms with E-state index in [2.05, 4.69) is 0 Å². The molecule has 0 amide bonds. The number of aliphatic hydroxyl groups excluding tert-OH is 10. The third-order valence-corrected chi connectivity index (χ3v) is 5.74. The first kappa shape index (κ1) is 26.0. The molecule has 15 heteroatoms. The van der Waals surface area contributed by atoms with Crippen molar-refractivity contribution in [2.45, 2.75) is 86.0 Å². The summed E-state index contributed by atoms with van der Waals surface area (Å²) in [5, 5.41) is 98.8. The summed E-state index contributed by atoms with van der Waals surface area (Å²) >= 11 is 0. The quantitative estimate of drug-likeness (QED) is 0.165. The van der Waals surface area contributed by atoms with Crippen LogP contribution in [0, 0.1) is 0 Å². The molecule has 0 saturated carbocycles. The van der Waals surface area contributed by atoms with E-state index in [0.29, 0.717) is 0 Å². The van der Waals surface area contributed by atoms with Crippen molar-refractivity contribution in [1.29, 1.82) is 0 Å². The lowest BCUT2D eigenvalue weighted by atomic mass is 9.97. The van der Waals surface area contributed by atoms with E-state index >= 15 is 0 Å². The van der Waals surface area contributed by atoms with Crippen LogP contribution in [0.4, 0.5) is 0 Å². The van der Waals surface area contributed by atoms with Crippen LogP contribution in [0.5, 0.6) is 0 Å². The van der Waals surface area contributed by atoms with Gasteiger partial charge in [-0.1, -0.05) is 0 Å². The first-order valence-corrected chi connectivity index (χ1v) is 10.0. The van der Waals surface area contributed by atoms with E-state index in [1.165, 1.54) is 0 Å². The first-order chi connectivity index (χ1) is 15.1. The van der Waals surface area contributed by atoms with Gasteiger partial charge >= 0.3 is 0 Å². The number of hydrogen-bond acceptors (Lipinski definition) is 15. The lowest BCUT2D eigenvalue weighted by Gasteiger charge is -2.46. The monoisotopic (exact) mass is 474 g/mol. The molecule has 0 aromatic heterocycles. The highest BCUT2D eigenvalue weighted by Gasteiger charge is 2.53. The summed E-state index contributed by atoms with van der Waals surface area (Å²) < 4.78 is 26.3. The topological polar surface area (TPSA) is 248 Å². The normalized spacial score (nSPS) is 52.3. The van der Waals surface area contributed by atoms with Crippen LogP contribution in [0.15, 0.2) is 0 Å². The van der Waals surface area contributed by atoms with Gasteiger partial charge in [0.25, 0.3) is 0 Å². The van der Waals surface area contributed by atoms with Crippen molar-refractivity contribution >= 4 is 0 Å². The molecule has 10 N–H and O–H groups in total. The Balaban J connectivity index is 1.76. The molecule has 0 aromatic rings. The van der Waals surface area contributed by atoms with Crippen molar-refractivity contribution in [1.82, 2.24) is 0 Å². The van der Waals surface area contributed by atoms with Crippen molar-refractivity contribution in [2.24, 2.45) is 0 Å². The third kappa shape index (κ3) is 4.92. The predicted octanol–water partition coefficient (Wildman–Crippen LogP) is -6.93. The summed E-state index contributed by atoms with van der Waals surface area (Å²) in [5.74, 6) is 0. The van der Waals surface area contributed by atoms with Gasteiger partial charge in [-0.25, -0.2) is 0 Å². The molecular weight excluding hydrogens is 444 g/mol. The van der Waals surface area contributed by atoms with E-state index in [-0.39, 0.29) is 0 Å². The van der Waals surface area contributed by atoms with Crippen LogP contribution in [-0.2, 0) is 23.7 Å². The van der Waals surface area contributed by atoms with E-state index < -0.39 is 106 Å². The van der Waals surface area contributed by atoms with Crippen LogP contribution in [0.1, 0.15) is 0 Å². The Bertz CT molecular complexity index is 594. The van der Waals surface area contributed by atoms with E-state index in [1.54, 1.807) is 0 Å². The molecule has 3 heterocycles. The molecule has 3 aliphatic rings. The van der Waals surface area contributed by atoms with Gasteiger partial charge in [-0.05, 0) is 0 Å². The van der Waals surface area contributed by atoms with Crippen molar-refractivity contribution in [3.63, 3.8) is 0 Å². The lowest BCUT2D eigenvalue weighted by Crippen LogP contribution is -2.65. The zero-order valence-corrected chi connectivity index (χ0v) is 16.7. The van der Waals surface area contributed by atoms with E-state index in [9.17, 15) is 51.1 Å². The Hall–Kier alpha value is -0.600. The predicted molar refractivity (Wildman–Crippen MR) is 95.2 cm³/mol. The Kier molecular flexibility index (Phi) is 8.75. The molecule has 0 radical (unpaired) electrons. The maximum atomic E-state index is 10.7. The molecule has 3 saturated heterocycles. The maximum Gasteiger partial charge on any atom is 0.187 e. The highest BCUT2D eigenvalue weighted by atomic mass is 16.7. The fourth-order valence-corrected chi connectivity index (χ4v) is 3.85. The molecule has 3 aliphatic heterocycles. The Morgan fingerprint density at radius 2 is 0.969 bits per heavy atom. The minimum atomic E-state index is -1.83. The lowest BCUT2D eigenvalue weighted by molar-refractivity contribution is -0.366. The van der Waals surface area contributed by atoms with Gasteiger partial charge in [-0.3, -0.25) is 0 Å². The molecule has 14 atom stereocenters. The number of ether oxygens (including phenoxy) is 5. The molecule has 3 rings (SSSR count). The van der Waals surface area contributed by atoms with Gasteiger partial charge in [0.1, 0.15) is 67.1 Å². The molecule has 32 heavy (non-hydrogen) atoms. The standard InChI is InChI=1S/C17H30O15/c18-1-4-7(21)11(25)16(29-4)32-14-8(22)5(2-19)30-17(12(14)26)31-13-6(3-20)28-15(27)10(24)9(13)23/h4-27H,1-3H2/t4-,5+,6+,7-,8-,9+,10+,11+,12+,13-,14-,15?,16?,17?/m0/s1. The summed E-state index contributed by atoms with van der Waals surface area (Å²) in [6, 6.07) is 0. The fraction of sp³-hybridized carbons (Fsp3) is 1.00. The van der Waals surface area contributed by atoms with Crippen molar-refractivity contribution in [3.05, 3.63) is 0 Å². The van der Waals surface area contributed by atoms with Crippen LogP contribution < -0.4 is 0 Å². The van der Waals surface area contributed by atoms with Gasteiger partial charge in [-0.15, -0.1) is 0 Å². The summed E-state index contributed by atoms with van der Waals surface area (Å²) in [6.07, 6.45) is -22.3. The second kappa shape index (κ2) is 10.8. The molecule has 0 aliphatic carbocycles. The smallest absolute Gasteiger partial charge is 0.187 e. The van der Waals surface area contributed by atoms with Crippen LogP contribution in [-0.4, -0.2) is 157 Å². The molecule has 15 nitrogen and oxygen atoms in total. The molecule has 0 spiro atoms. The van der Waals surface area contributed by atoms with Crippen LogP contribution >= 0.6 is 0 Å². The molecule has 188 valence electrons. The van der Waals surface area contributed by atoms with Crippen LogP contribution in [0.25, 0.3) is 0 Å². The molecular formula is C17H30O15. The molecule has 3 fully saturated rings. The Labute approximate surface area is 181 Å². The molecule has 3 unspecified atom stereocenters. The van der Waals surface area contributed by atoms with E-state index in [1.807, 2.05) is 0 Å². The van der Waals surface area contributed by atoms with E-state index in [4.69, 9.17) is 23.7 Å². The van der Waals surface area contributed by atoms with Crippen LogP contribution in [0.3, 0.4) is 0 Å². The third-order valence-electron chi connectivity index (χ3n) is 5.74. The Morgan fingerprint density at radius 1 is 0.469 bits per heavy atom. The molecule has 0 bridgehead atoms. The second-order valence-electron chi connectivity index (χ2n) is 7.84. The summed E-state index contributed by atoms with van der Waals surface area (Å²) in [4.78, 5) is 0. The summed E-state index contributed by atoms with van der Waals surface area (Å²) in [5.41, 5.74) is 0. The highest BCUT2D eigenvalue weighted by molar-refractivity contribution is 4.96. The number of aliphatic hydroxyl groups is 10. The average Bonchev–Trinajstić information content (AvgIpc) is 3.05. The van der Waals surface area contributed by atoms with Gasteiger partial charge in [0.15, 0.2) is 18.9 Å². The van der Waals surface area contributed by atoms with Crippen molar-refractivity contribution < 1.29 is 74.7 Å². The minimum Gasteiger partial charge on any atom is -0.394 e. The fourth-order valence-electron chi connectivity index (χ4n) is 3.85. The zero-order valence-electron chi connectivity index (χ0n) is 16.7.